The molecule has 0 aliphatic carbocycles. The molecule has 0 bridgehead atoms. The van der Waals surface area contributed by atoms with E-state index >= 15 is 0 Å². The Morgan fingerprint density at radius 3 is 2.84 bits per heavy atom. The van der Waals surface area contributed by atoms with Crippen LogP contribution in [0, 0.1) is 5.92 Å². The molecular weight excluding hydrogens is 433 g/mol. The van der Waals surface area contributed by atoms with Crippen LogP contribution < -0.4 is 11.4 Å². The third kappa shape index (κ3) is 5.16. The van der Waals surface area contributed by atoms with E-state index in [1.807, 2.05) is 0 Å². The lowest BCUT2D eigenvalue weighted by molar-refractivity contribution is -0.152. The first-order valence-electron chi connectivity index (χ1n) is 9.93. The molecule has 0 saturated carbocycles. The minimum atomic E-state index is -4.03. The monoisotopic (exact) mass is 461 g/mol. The largest absolute Gasteiger partial charge is 0.475 e. The number of esters is 1. The van der Waals surface area contributed by atoms with Gasteiger partial charge in [0.2, 0.25) is 0 Å². The average Bonchev–Trinajstić information content (AvgIpc) is 2.91. The van der Waals surface area contributed by atoms with Gasteiger partial charge in [0.1, 0.15) is 23.6 Å². The molecule has 3 N–H and O–H groups in total. The highest BCUT2D eigenvalue weighted by Gasteiger charge is 2.60. The summed E-state index contributed by atoms with van der Waals surface area (Å²) >= 11 is 0. The van der Waals surface area contributed by atoms with Crippen molar-refractivity contribution in [2.45, 2.75) is 64.3 Å². The fourth-order valence-electron chi connectivity index (χ4n) is 3.35. The summed E-state index contributed by atoms with van der Waals surface area (Å²) in [7, 11) is -4.03. The number of anilines is 1. The summed E-state index contributed by atoms with van der Waals surface area (Å²) in [5, 5.41) is 11.0. The molecule has 31 heavy (non-hydrogen) atoms. The molecule has 2 saturated heterocycles. The van der Waals surface area contributed by atoms with Crippen molar-refractivity contribution in [1.82, 2.24) is 9.55 Å². The number of nitrogens with zero attached hydrogens (tertiary/aromatic N) is 2. The molecule has 1 unspecified atom stereocenters. The lowest BCUT2D eigenvalue weighted by Crippen LogP contribution is -2.49. The molecule has 13 heteroatoms. The summed E-state index contributed by atoms with van der Waals surface area (Å²) in [5.74, 6) is -0.834. The number of rotatable bonds is 7. The minimum Gasteiger partial charge on any atom is -0.463 e. The van der Waals surface area contributed by atoms with Crippen molar-refractivity contribution < 1.29 is 37.5 Å². The summed E-state index contributed by atoms with van der Waals surface area (Å²) in [5.41, 5.74) is 3.04. The van der Waals surface area contributed by atoms with Crippen LogP contribution in [0.1, 0.15) is 40.3 Å². The minimum absolute atomic E-state index is 0.0281. The third-order valence-electron chi connectivity index (χ3n) is 5.02. The van der Waals surface area contributed by atoms with Gasteiger partial charge < -0.3 is 20.3 Å². The Bertz CT molecular complexity index is 919. The lowest BCUT2D eigenvalue weighted by Gasteiger charge is -2.35. The Balaban J connectivity index is 1.64. The Morgan fingerprint density at radius 2 is 2.19 bits per heavy atom. The van der Waals surface area contributed by atoms with Gasteiger partial charge in [-0.25, -0.2) is 9.36 Å². The second-order valence-electron chi connectivity index (χ2n) is 8.07. The van der Waals surface area contributed by atoms with Gasteiger partial charge in [-0.1, -0.05) is 6.92 Å². The van der Waals surface area contributed by atoms with Crippen LogP contribution in [0.15, 0.2) is 17.1 Å². The van der Waals surface area contributed by atoms with Crippen molar-refractivity contribution in [2.24, 2.45) is 5.92 Å². The zero-order valence-corrected chi connectivity index (χ0v) is 18.7. The molecular formula is C18H28N3O9P. The molecule has 12 nitrogen and oxygen atoms in total. The van der Waals surface area contributed by atoms with Gasteiger partial charge in [-0.3, -0.25) is 22.9 Å². The number of carbonyl (C=O) groups excluding carboxylic acids is 1. The number of carbonyl (C=O) groups is 1. The van der Waals surface area contributed by atoms with E-state index in [2.05, 4.69) is 4.98 Å². The van der Waals surface area contributed by atoms with Crippen LogP contribution in [0.5, 0.6) is 0 Å². The van der Waals surface area contributed by atoms with Gasteiger partial charge in [0.05, 0.1) is 25.2 Å². The second-order valence-corrected chi connectivity index (χ2v) is 9.69. The molecule has 1 aromatic heterocycles. The highest BCUT2D eigenvalue weighted by molar-refractivity contribution is 7.48. The number of phosphoric ester groups is 1. The maximum Gasteiger partial charge on any atom is 0.475 e. The van der Waals surface area contributed by atoms with Gasteiger partial charge in [0, 0.05) is 6.20 Å². The van der Waals surface area contributed by atoms with Gasteiger partial charge >= 0.3 is 19.5 Å². The quantitative estimate of drug-likeness (QED) is 0.440. The lowest BCUT2D eigenvalue weighted by atomic mass is 9.96. The Morgan fingerprint density at radius 1 is 1.48 bits per heavy atom. The number of fused-ring (bicyclic) bond motifs is 1. The van der Waals surface area contributed by atoms with Crippen LogP contribution in [0.3, 0.4) is 0 Å². The number of nitrogens with two attached hydrogens (primary N) is 1. The van der Waals surface area contributed by atoms with Crippen LogP contribution in [0.25, 0.3) is 0 Å². The normalized spacial score (nSPS) is 33.8. The van der Waals surface area contributed by atoms with Crippen molar-refractivity contribution >= 4 is 19.6 Å². The SMILES string of the molecule is CC(C)OC(=O)C(C)CCO[P@@]1(=O)OC[C@H]2O[C@@H](n3ccc(N)nc3=O)[C@](C)(O)[C@@H]2O1. The number of hydrogen-bond acceptors (Lipinski definition) is 11. The smallest absolute Gasteiger partial charge is 0.463 e. The predicted octanol–water partition coefficient (Wildman–Crippen LogP) is 0.992. The zero-order valence-electron chi connectivity index (χ0n) is 17.8. The van der Waals surface area contributed by atoms with Crippen molar-refractivity contribution in [3.63, 3.8) is 0 Å². The molecule has 2 aliphatic rings. The summed E-state index contributed by atoms with van der Waals surface area (Å²) in [4.78, 5) is 27.7. The number of hydrogen-bond donors (Lipinski definition) is 2. The topological polar surface area (TPSA) is 161 Å². The number of ether oxygens (including phenoxy) is 2. The van der Waals surface area contributed by atoms with E-state index in [1.165, 1.54) is 19.2 Å². The second kappa shape index (κ2) is 8.97. The molecule has 0 spiro atoms. The van der Waals surface area contributed by atoms with Gasteiger partial charge in [0.15, 0.2) is 6.23 Å². The molecule has 2 fully saturated rings. The van der Waals surface area contributed by atoms with Crippen molar-refractivity contribution in [3.8, 4) is 0 Å². The number of phosphoric acid groups is 1. The molecule has 174 valence electrons. The fraction of sp³-hybridized carbons (Fsp3) is 0.722. The van der Waals surface area contributed by atoms with Crippen LogP contribution >= 0.6 is 7.82 Å². The zero-order chi connectivity index (χ0) is 23.0. The third-order valence-corrected chi connectivity index (χ3v) is 6.47. The van der Waals surface area contributed by atoms with Gasteiger partial charge in [-0.2, -0.15) is 4.98 Å². The van der Waals surface area contributed by atoms with Crippen molar-refractivity contribution in [2.75, 3.05) is 18.9 Å². The highest BCUT2D eigenvalue weighted by Crippen LogP contribution is 2.58. The molecule has 0 aromatic carbocycles. The maximum atomic E-state index is 12.9. The van der Waals surface area contributed by atoms with Crippen molar-refractivity contribution in [3.05, 3.63) is 22.7 Å². The van der Waals surface area contributed by atoms with Crippen LogP contribution in [-0.2, 0) is 32.4 Å². The van der Waals surface area contributed by atoms with E-state index in [-0.39, 0.29) is 37.5 Å². The van der Waals surface area contributed by atoms with Crippen LogP contribution in [0.2, 0.25) is 0 Å². The summed E-state index contributed by atoms with van der Waals surface area (Å²) < 4.78 is 40.9. The summed E-state index contributed by atoms with van der Waals surface area (Å²) in [6.45, 7) is 6.28. The van der Waals surface area contributed by atoms with Gasteiger partial charge in [0.25, 0.3) is 0 Å². The van der Waals surface area contributed by atoms with Gasteiger partial charge in [-0.15, -0.1) is 0 Å². The highest BCUT2D eigenvalue weighted by atomic mass is 31.2. The van der Waals surface area contributed by atoms with E-state index in [9.17, 15) is 19.3 Å². The molecule has 1 aromatic rings. The fourth-order valence-corrected chi connectivity index (χ4v) is 4.84. The van der Waals surface area contributed by atoms with E-state index in [0.717, 1.165) is 4.57 Å². The molecule has 0 radical (unpaired) electrons. The summed E-state index contributed by atoms with van der Waals surface area (Å²) in [6.07, 6.45) is -1.71. The maximum absolute atomic E-state index is 12.9. The number of aromatic nitrogens is 2. The number of aliphatic hydroxyl groups is 1. The molecule has 3 rings (SSSR count). The standard InChI is InChI=1S/C18H28N3O9P/c1-10(2)28-15(22)11(3)6-8-26-31(25)27-9-12-14(30-31)18(4,24)16(29-12)21-7-5-13(19)20-17(21)23/h5,7,10-12,14,16,24H,6,8-9H2,1-4H3,(H2,19,20,23)/t11?,12-,14-,16-,18-,31+/m1/s1. The van der Waals surface area contributed by atoms with Crippen LogP contribution in [-0.4, -0.2) is 57.8 Å². The Kier molecular flexibility index (Phi) is 6.90. The van der Waals surface area contributed by atoms with Crippen LogP contribution in [0.4, 0.5) is 5.82 Å². The Hall–Kier alpha value is -1.82. The Labute approximate surface area is 179 Å². The van der Waals surface area contributed by atoms with Crippen molar-refractivity contribution in [1.29, 1.82) is 0 Å². The first-order valence-corrected chi connectivity index (χ1v) is 11.4. The van der Waals surface area contributed by atoms with E-state index in [1.54, 1.807) is 20.8 Å². The van der Waals surface area contributed by atoms with Gasteiger partial charge in [-0.05, 0) is 33.3 Å². The molecule has 2 aliphatic heterocycles. The first kappa shape index (κ1) is 23.8. The first-order chi connectivity index (χ1) is 14.4. The molecule has 3 heterocycles. The molecule has 6 atom stereocenters. The van der Waals surface area contributed by atoms with E-state index in [4.69, 9.17) is 28.8 Å². The predicted molar refractivity (Wildman–Crippen MR) is 107 cm³/mol. The average molecular weight is 461 g/mol. The van der Waals surface area contributed by atoms with E-state index in [0.29, 0.717) is 0 Å². The van der Waals surface area contributed by atoms with E-state index < -0.39 is 43.5 Å². The summed E-state index contributed by atoms with van der Waals surface area (Å²) in [6, 6.07) is 1.39. The molecule has 0 amide bonds. The number of nitrogen functional groups attached to an aromatic ring is 1.